The first-order valence-corrected chi connectivity index (χ1v) is 14.4. The Balaban J connectivity index is 2.09. The van der Waals surface area contributed by atoms with E-state index in [2.05, 4.69) is 33.2 Å². The molecule has 1 heterocycles. The minimum absolute atomic E-state index is 0.104. The van der Waals surface area contributed by atoms with Crippen LogP contribution in [0.25, 0.3) is 0 Å². The zero-order valence-electron chi connectivity index (χ0n) is 22.0. The molecular formula is C28H39F3N2O3S. The maximum Gasteiger partial charge on any atom is 0.573 e. The van der Waals surface area contributed by atoms with Crippen molar-refractivity contribution >= 4 is 21.7 Å². The minimum Gasteiger partial charge on any atom is -0.456 e. The number of hydrogen-bond donors (Lipinski definition) is 1. The summed E-state index contributed by atoms with van der Waals surface area (Å²) in [4.78, 5) is 3.22. The number of unbranched alkanes of at least 4 members (excludes halogenated alkanes) is 2. The second-order valence-electron chi connectivity index (χ2n) is 9.09. The summed E-state index contributed by atoms with van der Waals surface area (Å²) >= 11 is 0. The molecule has 9 heteroatoms. The van der Waals surface area contributed by atoms with Gasteiger partial charge in [-0.1, -0.05) is 43.4 Å². The van der Waals surface area contributed by atoms with Crippen LogP contribution in [0.4, 0.5) is 18.9 Å². The van der Waals surface area contributed by atoms with Crippen LogP contribution in [0.1, 0.15) is 64.9 Å². The topological polar surface area (TPSA) is 45.2 Å². The van der Waals surface area contributed by atoms with E-state index in [1.54, 1.807) is 6.07 Å². The minimum atomic E-state index is -4.78. The van der Waals surface area contributed by atoms with E-state index in [1.165, 1.54) is 18.2 Å². The van der Waals surface area contributed by atoms with Crippen molar-refractivity contribution in [2.45, 2.75) is 77.2 Å². The SMILES string of the molecule is C/C=S(\c1cc(CO)c(N(CCCC)CCCC)cc1Oc1cccc(OC(F)(F)F)c1)N1CCCC1. The van der Waals surface area contributed by atoms with Crippen molar-refractivity contribution in [2.75, 3.05) is 31.1 Å². The van der Waals surface area contributed by atoms with Gasteiger partial charge in [-0.05, 0) is 56.2 Å². The Morgan fingerprint density at radius 1 is 1.03 bits per heavy atom. The molecule has 1 N–H and O–H groups in total. The van der Waals surface area contributed by atoms with Crippen molar-refractivity contribution in [2.24, 2.45) is 0 Å². The molecule has 0 saturated carbocycles. The molecule has 0 amide bonds. The summed E-state index contributed by atoms with van der Waals surface area (Å²) in [6.45, 7) is 9.87. The number of rotatable bonds is 13. The molecule has 0 bridgehead atoms. The summed E-state index contributed by atoms with van der Waals surface area (Å²) in [7, 11) is -0.378. The summed E-state index contributed by atoms with van der Waals surface area (Å²) in [5, 5.41) is 12.5. The molecule has 1 atom stereocenters. The number of aliphatic hydroxyl groups is 1. The highest BCUT2D eigenvalue weighted by atomic mass is 32.2. The number of aliphatic hydroxyl groups excluding tert-OH is 1. The lowest BCUT2D eigenvalue weighted by molar-refractivity contribution is -0.274. The van der Waals surface area contributed by atoms with Crippen molar-refractivity contribution in [3.05, 3.63) is 42.0 Å². The van der Waals surface area contributed by atoms with Crippen LogP contribution in [-0.4, -0.2) is 47.3 Å². The van der Waals surface area contributed by atoms with E-state index in [-0.39, 0.29) is 28.8 Å². The van der Waals surface area contributed by atoms with Crippen molar-refractivity contribution in [1.82, 2.24) is 4.31 Å². The van der Waals surface area contributed by atoms with Crippen LogP contribution < -0.4 is 14.4 Å². The summed E-state index contributed by atoms with van der Waals surface area (Å²) in [5.74, 6) is 0.523. The Kier molecular flexibility index (Phi) is 11.2. The van der Waals surface area contributed by atoms with E-state index in [9.17, 15) is 18.3 Å². The van der Waals surface area contributed by atoms with Gasteiger partial charge in [0.1, 0.15) is 17.2 Å². The van der Waals surface area contributed by atoms with Crippen molar-refractivity contribution in [3.63, 3.8) is 0 Å². The Hall–Kier alpha value is -2.23. The molecule has 5 nitrogen and oxygen atoms in total. The van der Waals surface area contributed by atoms with Crippen LogP contribution in [-0.2, 0) is 6.61 Å². The second kappa shape index (κ2) is 14.1. The molecule has 1 saturated heterocycles. The van der Waals surface area contributed by atoms with Crippen LogP contribution in [0, 0.1) is 0 Å². The van der Waals surface area contributed by atoms with E-state index in [0.717, 1.165) is 80.9 Å². The lowest BCUT2D eigenvalue weighted by Gasteiger charge is -2.30. The van der Waals surface area contributed by atoms with E-state index in [0.29, 0.717) is 5.75 Å². The van der Waals surface area contributed by atoms with Gasteiger partial charge in [0.05, 0.1) is 11.5 Å². The first-order chi connectivity index (χ1) is 17.8. The van der Waals surface area contributed by atoms with Crippen LogP contribution in [0.5, 0.6) is 17.2 Å². The lowest BCUT2D eigenvalue weighted by Crippen LogP contribution is -2.27. The fourth-order valence-corrected chi connectivity index (χ4v) is 6.52. The van der Waals surface area contributed by atoms with Gasteiger partial charge in [0.15, 0.2) is 0 Å². The molecule has 37 heavy (non-hydrogen) atoms. The Bertz CT molecular complexity index is 1030. The van der Waals surface area contributed by atoms with Crippen LogP contribution in [0.2, 0.25) is 0 Å². The van der Waals surface area contributed by atoms with Gasteiger partial charge in [0, 0.05) is 49.6 Å². The lowest BCUT2D eigenvalue weighted by atomic mass is 10.1. The number of nitrogens with zero attached hydrogens (tertiary/aromatic N) is 2. The summed E-state index contributed by atoms with van der Waals surface area (Å²) in [5.41, 5.74) is 1.74. The summed E-state index contributed by atoms with van der Waals surface area (Å²) in [6, 6.07) is 9.61. The number of hydrogen-bond acceptors (Lipinski definition) is 5. The average Bonchev–Trinajstić information content (AvgIpc) is 3.39. The van der Waals surface area contributed by atoms with E-state index in [4.69, 9.17) is 4.74 Å². The maximum absolute atomic E-state index is 12.8. The number of alkyl halides is 3. The normalized spacial score (nSPS) is 15.2. The Morgan fingerprint density at radius 3 is 2.24 bits per heavy atom. The second-order valence-corrected chi connectivity index (χ2v) is 11.1. The van der Waals surface area contributed by atoms with Crippen molar-refractivity contribution in [1.29, 1.82) is 0 Å². The average molecular weight is 541 g/mol. The smallest absolute Gasteiger partial charge is 0.456 e. The molecule has 1 fully saturated rings. The van der Waals surface area contributed by atoms with Gasteiger partial charge in [-0.3, -0.25) is 4.31 Å². The number of ether oxygens (including phenoxy) is 2. The molecule has 0 aliphatic carbocycles. The standard InChI is InChI=1S/C28H39F3N2O3S/c1-4-7-14-32(15-8-5-2)25-20-26(35-23-12-11-13-24(19-23)36-28(29,30)31)27(18-22(25)21-34)37(6-3)33-16-9-10-17-33/h6,11-13,18-20,34H,4-5,7-10,14-17,21H2,1-3H3. The molecule has 2 aromatic carbocycles. The molecule has 3 rings (SSSR count). The van der Waals surface area contributed by atoms with Crippen molar-refractivity contribution in [3.8, 4) is 17.2 Å². The Labute approximate surface area is 221 Å². The highest BCUT2D eigenvalue weighted by Crippen LogP contribution is 2.45. The van der Waals surface area contributed by atoms with E-state index < -0.39 is 6.36 Å². The fraction of sp³-hybridized carbons (Fsp3) is 0.536. The van der Waals surface area contributed by atoms with Gasteiger partial charge < -0.3 is 19.5 Å². The molecular weight excluding hydrogens is 501 g/mol. The van der Waals surface area contributed by atoms with E-state index in [1.807, 2.05) is 19.1 Å². The fourth-order valence-electron chi connectivity index (χ4n) is 4.47. The highest BCUT2D eigenvalue weighted by molar-refractivity contribution is 8.13. The van der Waals surface area contributed by atoms with Gasteiger partial charge in [-0.2, -0.15) is 0 Å². The monoisotopic (exact) mass is 540 g/mol. The first-order valence-electron chi connectivity index (χ1n) is 13.1. The predicted octanol–water partition coefficient (Wildman–Crippen LogP) is 7.74. The van der Waals surface area contributed by atoms with Gasteiger partial charge in [0.25, 0.3) is 0 Å². The van der Waals surface area contributed by atoms with Gasteiger partial charge in [-0.25, -0.2) is 0 Å². The van der Waals surface area contributed by atoms with Crippen LogP contribution in [0.3, 0.4) is 0 Å². The molecule has 2 aromatic rings. The third-order valence-corrected chi connectivity index (χ3v) is 8.42. The molecule has 0 aromatic heterocycles. The van der Waals surface area contributed by atoms with Gasteiger partial charge >= 0.3 is 6.36 Å². The quantitative estimate of drug-likeness (QED) is 0.263. The molecule has 0 radical (unpaired) electrons. The summed E-state index contributed by atoms with van der Waals surface area (Å²) in [6.07, 6.45) is 1.60. The zero-order chi connectivity index (χ0) is 26.8. The molecule has 206 valence electrons. The Morgan fingerprint density at radius 2 is 1.68 bits per heavy atom. The highest BCUT2D eigenvalue weighted by Gasteiger charge is 2.31. The number of halogens is 3. The molecule has 1 aliphatic rings. The summed E-state index contributed by atoms with van der Waals surface area (Å²) < 4.78 is 51.3. The molecule has 1 aliphatic heterocycles. The number of anilines is 1. The molecule has 0 spiro atoms. The largest absolute Gasteiger partial charge is 0.573 e. The molecule has 1 unspecified atom stereocenters. The third-order valence-electron chi connectivity index (χ3n) is 6.28. The van der Waals surface area contributed by atoms with Crippen LogP contribution >= 0.6 is 10.7 Å². The maximum atomic E-state index is 12.8. The third kappa shape index (κ3) is 8.38. The van der Waals surface area contributed by atoms with Crippen LogP contribution in [0.15, 0.2) is 41.3 Å². The first kappa shape index (κ1) is 29.3. The zero-order valence-corrected chi connectivity index (χ0v) is 22.8. The van der Waals surface area contributed by atoms with Crippen molar-refractivity contribution < 1.29 is 27.8 Å². The van der Waals surface area contributed by atoms with E-state index >= 15 is 0 Å². The number of benzene rings is 2. The van der Waals surface area contributed by atoms with Gasteiger partial charge in [-0.15, -0.1) is 13.2 Å². The predicted molar refractivity (Wildman–Crippen MR) is 146 cm³/mol. The van der Waals surface area contributed by atoms with Gasteiger partial charge in [0.2, 0.25) is 0 Å².